The zero-order chi connectivity index (χ0) is 31.9. The second kappa shape index (κ2) is 14.5. The Labute approximate surface area is 271 Å². The molecule has 1 saturated heterocycles. The van der Waals surface area contributed by atoms with Gasteiger partial charge in [-0.05, 0) is 89.7 Å². The van der Waals surface area contributed by atoms with Crippen molar-refractivity contribution in [2.45, 2.75) is 32.2 Å². The molecule has 1 fully saturated rings. The zero-order valence-corrected chi connectivity index (χ0v) is 26.6. The third-order valence-electron chi connectivity index (χ3n) is 8.03. The van der Waals surface area contributed by atoms with Gasteiger partial charge in [0.1, 0.15) is 0 Å². The number of carbonyl (C=O) groups is 4. The first-order valence-electron chi connectivity index (χ1n) is 14.7. The number of amides is 3. The summed E-state index contributed by atoms with van der Waals surface area (Å²) in [6.07, 6.45) is 4.25. The molecule has 10 heteroatoms. The zero-order valence-electron chi connectivity index (χ0n) is 25.0. The predicted octanol–water partition coefficient (Wildman–Crippen LogP) is 6.79. The van der Waals surface area contributed by atoms with Gasteiger partial charge in [0.25, 0.3) is 5.91 Å². The standard InChI is InChI=1S/C35H34ClN3O5S/c1-22-32(36)26(20-27-16-19-45-33(22)27)10-13-30(40)39-17-14-25(15-18-39)35(43)38-29(21-31(41)44-2)23-8-11-28(12-9-23)37-34(42)24-6-4-3-5-7-24/h3-13,16,19-20,25,29H,14-15,17-18,21H2,1-2H3,(H,37,42)(H,38,43)/b13-10+/t29-/m1/s1. The molecule has 5 rings (SSSR count). The molecule has 2 heterocycles. The second-order valence-electron chi connectivity index (χ2n) is 11.0. The van der Waals surface area contributed by atoms with Crippen molar-refractivity contribution in [3.8, 4) is 0 Å². The number of piperidine rings is 1. The Morgan fingerprint density at radius 3 is 2.44 bits per heavy atom. The van der Waals surface area contributed by atoms with Gasteiger partial charge in [0.15, 0.2) is 0 Å². The smallest absolute Gasteiger partial charge is 0.307 e. The number of anilines is 1. The molecule has 0 saturated carbocycles. The minimum atomic E-state index is -0.611. The summed E-state index contributed by atoms with van der Waals surface area (Å²) in [6, 6.07) is 19.3. The molecule has 8 nitrogen and oxygen atoms in total. The molecule has 0 bridgehead atoms. The molecule has 45 heavy (non-hydrogen) atoms. The second-order valence-corrected chi connectivity index (χ2v) is 12.3. The number of halogens is 1. The number of thiophene rings is 1. The molecule has 2 N–H and O–H groups in total. The molecule has 0 radical (unpaired) electrons. The summed E-state index contributed by atoms with van der Waals surface area (Å²) < 4.78 is 6.02. The number of ether oxygens (including phenoxy) is 1. The number of carbonyl (C=O) groups excluding carboxylic acids is 4. The lowest BCUT2D eigenvalue weighted by Crippen LogP contribution is -2.43. The summed E-state index contributed by atoms with van der Waals surface area (Å²) >= 11 is 8.21. The van der Waals surface area contributed by atoms with Gasteiger partial charge < -0.3 is 20.3 Å². The van der Waals surface area contributed by atoms with Crippen molar-refractivity contribution >= 4 is 68.5 Å². The van der Waals surface area contributed by atoms with Crippen molar-refractivity contribution in [2.75, 3.05) is 25.5 Å². The minimum absolute atomic E-state index is 0.0424. The number of hydrogen-bond donors (Lipinski definition) is 2. The molecule has 0 unspecified atom stereocenters. The van der Waals surface area contributed by atoms with E-state index in [4.69, 9.17) is 16.3 Å². The van der Waals surface area contributed by atoms with Crippen LogP contribution in [0.25, 0.3) is 16.2 Å². The van der Waals surface area contributed by atoms with Gasteiger partial charge in [-0.2, -0.15) is 0 Å². The quantitative estimate of drug-likeness (QED) is 0.154. The maximum atomic E-state index is 13.3. The summed E-state index contributed by atoms with van der Waals surface area (Å²) in [5.41, 5.74) is 3.63. The van der Waals surface area contributed by atoms with Gasteiger partial charge in [-0.3, -0.25) is 19.2 Å². The van der Waals surface area contributed by atoms with Crippen LogP contribution in [0.1, 0.15) is 52.4 Å². The first kappa shape index (κ1) is 31.9. The molecule has 0 aliphatic carbocycles. The molecule has 3 amide bonds. The molecule has 232 valence electrons. The first-order chi connectivity index (χ1) is 21.7. The van der Waals surface area contributed by atoms with Crippen LogP contribution in [-0.2, 0) is 19.1 Å². The summed E-state index contributed by atoms with van der Waals surface area (Å²) in [6.45, 7) is 2.86. The van der Waals surface area contributed by atoms with E-state index < -0.39 is 12.0 Å². The third kappa shape index (κ3) is 7.79. The van der Waals surface area contributed by atoms with Crippen LogP contribution in [0.3, 0.4) is 0 Å². The van der Waals surface area contributed by atoms with Gasteiger partial charge in [0.2, 0.25) is 11.8 Å². The lowest BCUT2D eigenvalue weighted by molar-refractivity contribution is -0.141. The van der Waals surface area contributed by atoms with E-state index in [1.54, 1.807) is 70.8 Å². The maximum Gasteiger partial charge on any atom is 0.307 e. The fraction of sp³-hybridized carbons (Fsp3) is 0.257. The first-order valence-corrected chi connectivity index (χ1v) is 16.0. The Morgan fingerprint density at radius 2 is 1.76 bits per heavy atom. The number of fused-ring (bicyclic) bond motifs is 1. The molecular formula is C35H34ClN3O5S. The fourth-order valence-electron chi connectivity index (χ4n) is 5.42. The van der Waals surface area contributed by atoms with Crippen LogP contribution >= 0.6 is 22.9 Å². The van der Waals surface area contributed by atoms with Crippen molar-refractivity contribution < 1.29 is 23.9 Å². The van der Waals surface area contributed by atoms with Crippen LogP contribution in [0.15, 0.2) is 78.2 Å². The van der Waals surface area contributed by atoms with E-state index in [0.29, 0.717) is 47.8 Å². The monoisotopic (exact) mass is 643 g/mol. The van der Waals surface area contributed by atoms with Crippen molar-refractivity contribution in [1.82, 2.24) is 10.2 Å². The molecule has 1 aliphatic rings. The third-order valence-corrected chi connectivity index (χ3v) is 9.59. The number of benzene rings is 3. The SMILES string of the molecule is COC(=O)C[C@@H](NC(=O)C1CCN(C(=O)/C=C/c2cc3ccsc3c(C)c2Cl)CC1)c1ccc(NC(=O)c2ccccc2)cc1. The highest BCUT2D eigenvalue weighted by Crippen LogP contribution is 2.33. The van der Waals surface area contributed by atoms with Crippen molar-refractivity contribution in [3.05, 3.63) is 105 Å². The van der Waals surface area contributed by atoms with Gasteiger partial charge in [0, 0.05) is 41.0 Å². The Bertz CT molecular complexity index is 1730. The van der Waals surface area contributed by atoms with Crippen LogP contribution in [-0.4, -0.2) is 48.8 Å². The molecule has 0 spiro atoms. The Kier molecular flexibility index (Phi) is 10.3. The van der Waals surface area contributed by atoms with Gasteiger partial charge in [-0.1, -0.05) is 41.9 Å². The highest BCUT2D eigenvalue weighted by atomic mass is 35.5. The lowest BCUT2D eigenvalue weighted by atomic mass is 9.94. The molecule has 1 atom stereocenters. The van der Waals surface area contributed by atoms with E-state index in [0.717, 1.165) is 21.2 Å². The molecule has 1 aromatic heterocycles. The number of likely N-dealkylation sites (tertiary alicyclic amines) is 1. The van der Waals surface area contributed by atoms with Gasteiger partial charge >= 0.3 is 5.97 Å². The summed E-state index contributed by atoms with van der Waals surface area (Å²) in [5, 5.41) is 9.61. The summed E-state index contributed by atoms with van der Waals surface area (Å²) in [5.74, 6) is -1.31. The van der Waals surface area contributed by atoms with Crippen molar-refractivity contribution in [3.63, 3.8) is 0 Å². The summed E-state index contributed by atoms with van der Waals surface area (Å²) in [4.78, 5) is 52.7. The number of rotatable bonds is 9. The Morgan fingerprint density at radius 1 is 1.04 bits per heavy atom. The van der Waals surface area contributed by atoms with Crippen LogP contribution < -0.4 is 10.6 Å². The number of nitrogens with zero attached hydrogens (tertiary/aromatic N) is 1. The van der Waals surface area contributed by atoms with Crippen molar-refractivity contribution in [1.29, 1.82) is 0 Å². The van der Waals surface area contributed by atoms with Gasteiger partial charge in [0.05, 0.1) is 24.6 Å². The average molecular weight is 644 g/mol. The number of nitrogens with one attached hydrogen (secondary N) is 2. The predicted molar refractivity (Wildman–Crippen MR) is 178 cm³/mol. The van der Waals surface area contributed by atoms with Crippen LogP contribution in [0.5, 0.6) is 0 Å². The fourth-order valence-corrected chi connectivity index (χ4v) is 6.58. The molecule has 1 aliphatic heterocycles. The molecule has 4 aromatic rings. The van der Waals surface area contributed by atoms with Crippen LogP contribution in [0.2, 0.25) is 5.02 Å². The normalized spacial score (nSPS) is 14.3. The van der Waals surface area contributed by atoms with Crippen LogP contribution in [0, 0.1) is 12.8 Å². The Hall–Kier alpha value is -4.47. The van der Waals surface area contributed by atoms with Gasteiger partial charge in [-0.25, -0.2) is 0 Å². The average Bonchev–Trinajstić information content (AvgIpc) is 3.55. The van der Waals surface area contributed by atoms with E-state index in [1.807, 2.05) is 30.5 Å². The minimum Gasteiger partial charge on any atom is -0.469 e. The molecular weight excluding hydrogens is 610 g/mol. The van der Waals surface area contributed by atoms with E-state index in [1.165, 1.54) is 13.2 Å². The topological polar surface area (TPSA) is 105 Å². The number of aryl methyl sites for hydroxylation is 1. The van der Waals surface area contributed by atoms with E-state index >= 15 is 0 Å². The van der Waals surface area contributed by atoms with Crippen LogP contribution in [0.4, 0.5) is 5.69 Å². The highest BCUT2D eigenvalue weighted by Gasteiger charge is 2.29. The maximum absolute atomic E-state index is 13.3. The molecule has 3 aromatic carbocycles. The highest BCUT2D eigenvalue weighted by molar-refractivity contribution is 7.17. The van der Waals surface area contributed by atoms with E-state index in [2.05, 4.69) is 10.6 Å². The van der Waals surface area contributed by atoms with E-state index in [9.17, 15) is 19.2 Å². The van der Waals surface area contributed by atoms with E-state index in [-0.39, 0.29) is 30.1 Å². The number of hydrogen-bond acceptors (Lipinski definition) is 6. The Balaban J connectivity index is 1.18. The largest absolute Gasteiger partial charge is 0.469 e. The number of methoxy groups -OCH3 is 1. The van der Waals surface area contributed by atoms with Gasteiger partial charge in [-0.15, -0.1) is 11.3 Å². The van der Waals surface area contributed by atoms with Crippen molar-refractivity contribution in [2.24, 2.45) is 5.92 Å². The lowest BCUT2D eigenvalue weighted by Gasteiger charge is -2.31. The number of esters is 1. The summed E-state index contributed by atoms with van der Waals surface area (Å²) in [7, 11) is 1.31.